The number of benzene rings is 1. The Morgan fingerprint density at radius 1 is 1.24 bits per heavy atom. The second-order valence-corrected chi connectivity index (χ2v) is 8.80. The predicted molar refractivity (Wildman–Crippen MR) is 119 cm³/mol. The Morgan fingerprint density at radius 3 is 2.34 bits per heavy atom. The Bertz CT molecular complexity index is 752. The van der Waals surface area contributed by atoms with E-state index in [1.807, 2.05) is 18.2 Å². The smallest absolute Gasteiger partial charge is 0.356 e. The molecule has 1 atom stereocenters. The van der Waals surface area contributed by atoms with Crippen molar-refractivity contribution in [2.45, 2.75) is 43.7 Å². The van der Waals surface area contributed by atoms with Crippen LogP contribution < -0.4 is 10.6 Å². The number of halogens is 4. The van der Waals surface area contributed by atoms with Crippen LogP contribution in [0.1, 0.15) is 37.7 Å². The van der Waals surface area contributed by atoms with Crippen molar-refractivity contribution in [3.05, 3.63) is 35.9 Å². The number of nitrogens with one attached hydrogen (secondary N) is 2. The van der Waals surface area contributed by atoms with Gasteiger partial charge in [-0.05, 0) is 30.7 Å². The highest BCUT2D eigenvalue weighted by molar-refractivity contribution is 14.0. The largest absolute Gasteiger partial charge is 0.511 e. The molecule has 0 saturated carbocycles. The molecule has 166 valence electrons. The first-order valence-electron chi connectivity index (χ1n) is 9.23. The predicted octanol–water partition coefficient (Wildman–Crippen LogP) is 3.28. The quantitative estimate of drug-likeness (QED) is 0.325. The van der Waals surface area contributed by atoms with E-state index in [1.165, 1.54) is 5.56 Å². The van der Waals surface area contributed by atoms with E-state index >= 15 is 0 Å². The molecule has 0 radical (unpaired) electrons. The summed E-state index contributed by atoms with van der Waals surface area (Å²) in [6, 6.07) is 10.0. The van der Waals surface area contributed by atoms with Crippen molar-refractivity contribution >= 4 is 40.0 Å². The number of nitrogens with zero attached hydrogens (tertiary/aromatic N) is 2. The highest BCUT2D eigenvalue weighted by atomic mass is 127. The number of sulfonamides is 1. The minimum absolute atomic E-state index is 0. The first kappa shape index (κ1) is 26.0. The van der Waals surface area contributed by atoms with Crippen molar-refractivity contribution in [3.8, 4) is 0 Å². The van der Waals surface area contributed by atoms with Gasteiger partial charge in [-0.15, -0.1) is 24.0 Å². The van der Waals surface area contributed by atoms with Crippen molar-refractivity contribution in [1.29, 1.82) is 0 Å². The molecule has 1 aliphatic rings. The molecule has 0 bridgehead atoms. The SMILES string of the molecule is CN=C(NCCC(C)c1ccccc1)NC1CCN(S(=O)(=O)C(F)(F)F)CC1.I. The molecule has 1 heterocycles. The molecule has 29 heavy (non-hydrogen) atoms. The van der Waals surface area contributed by atoms with Gasteiger partial charge in [0.1, 0.15) is 0 Å². The van der Waals surface area contributed by atoms with Gasteiger partial charge in [0.15, 0.2) is 5.96 Å². The van der Waals surface area contributed by atoms with Gasteiger partial charge < -0.3 is 10.6 Å². The topological polar surface area (TPSA) is 73.8 Å². The Balaban J connectivity index is 0.00000420. The average molecular weight is 548 g/mol. The van der Waals surface area contributed by atoms with Crippen LogP contribution in [0.3, 0.4) is 0 Å². The summed E-state index contributed by atoms with van der Waals surface area (Å²) in [5.74, 6) is 0.944. The molecular formula is C18H28F3IN4O2S. The Morgan fingerprint density at radius 2 is 1.83 bits per heavy atom. The Kier molecular flexibility index (Phi) is 10.2. The van der Waals surface area contributed by atoms with Crippen molar-refractivity contribution in [2.24, 2.45) is 4.99 Å². The number of rotatable bonds is 6. The molecule has 0 aliphatic carbocycles. The molecule has 6 nitrogen and oxygen atoms in total. The van der Waals surface area contributed by atoms with Crippen LogP contribution in [-0.4, -0.2) is 56.9 Å². The van der Waals surface area contributed by atoms with Crippen LogP contribution in [0, 0.1) is 0 Å². The highest BCUT2D eigenvalue weighted by Gasteiger charge is 2.50. The van der Waals surface area contributed by atoms with E-state index in [9.17, 15) is 21.6 Å². The molecule has 2 N–H and O–H groups in total. The molecule has 0 amide bonds. The third-order valence-electron chi connectivity index (χ3n) is 4.89. The van der Waals surface area contributed by atoms with Crippen LogP contribution in [-0.2, 0) is 10.0 Å². The van der Waals surface area contributed by atoms with Crippen molar-refractivity contribution in [1.82, 2.24) is 14.9 Å². The minimum atomic E-state index is -5.25. The van der Waals surface area contributed by atoms with Crippen LogP contribution in [0.5, 0.6) is 0 Å². The van der Waals surface area contributed by atoms with E-state index in [-0.39, 0.29) is 55.9 Å². The van der Waals surface area contributed by atoms with E-state index in [1.54, 1.807) is 7.05 Å². The molecule has 0 aromatic heterocycles. The van der Waals surface area contributed by atoms with Gasteiger partial charge in [-0.25, -0.2) is 8.42 Å². The van der Waals surface area contributed by atoms with E-state index in [4.69, 9.17) is 0 Å². The van der Waals surface area contributed by atoms with Crippen molar-refractivity contribution in [2.75, 3.05) is 26.7 Å². The summed E-state index contributed by atoms with van der Waals surface area (Å²) < 4.78 is 61.3. The summed E-state index contributed by atoms with van der Waals surface area (Å²) in [7, 11) is -3.62. The van der Waals surface area contributed by atoms with Gasteiger partial charge in [-0.1, -0.05) is 37.3 Å². The number of alkyl halides is 3. The summed E-state index contributed by atoms with van der Waals surface area (Å²) in [6.45, 7) is 2.50. The van der Waals surface area contributed by atoms with Gasteiger partial charge in [-0.3, -0.25) is 4.99 Å². The van der Waals surface area contributed by atoms with Crippen LogP contribution in [0.15, 0.2) is 35.3 Å². The van der Waals surface area contributed by atoms with Crippen LogP contribution in [0.4, 0.5) is 13.2 Å². The van der Waals surface area contributed by atoms with E-state index < -0.39 is 15.5 Å². The highest BCUT2D eigenvalue weighted by Crippen LogP contribution is 2.28. The Labute approximate surface area is 187 Å². The lowest BCUT2D eigenvalue weighted by molar-refractivity contribution is -0.0494. The fraction of sp³-hybridized carbons (Fsp3) is 0.611. The third-order valence-corrected chi connectivity index (χ3v) is 6.52. The maximum absolute atomic E-state index is 12.6. The monoisotopic (exact) mass is 548 g/mol. The fourth-order valence-corrected chi connectivity index (χ4v) is 4.11. The maximum atomic E-state index is 12.6. The van der Waals surface area contributed by atoms with E-state index in [0.717, 1.165) is 6.42 Å². The molecule has 1 saturated heterocycles. The van der Waals surface area contributed by atoms with Gasteiger partial charge in [0.2, 0.25) is 0 Å². The van der Waals surface area contributed by atoms with Gasteiger partial charge >= 0.3 is 15.5 Å². The third kappa shape index (κ3) is 7.28. The van der Waals surface area contributed by atoms with Crippen molar-refractivity contribution in [3.63, 3.8) is 0 Å². The summed E-state index contributed by atoms with van der Waals surface area (Å²) in [4.78, 5) is 4.14. The van der Waals surface area contributed by atoms with Gasteiger partial charge in [0, 0.05) is 32.7 Å². The lowest BCUT2D eigenvalue weighted by Crippen LogP contribution is -2.51. The minimum Gasteiger partial charge on any atom is -0.356 e. The normalized spacial score (nSPS) is 18.0. The zero-order chi connectivity index (χ0) is 20.8. The summed E-state index contributed by atoms with van der Waals surface area (Å²) >= 11 is 0. The fourth-order valence-electron chi connectivity index (χ4n) is 3.13. The zero-order valence-corrected chi connectivity index (χ0v) is 19.6. The molecule has 1 aliphatic heterocycles. The average Bonchev–Trinajstić information content (AvgIpc) is 2.67. The van der Waals surface area contributed by atoms with Gasteiger partial charge in [-0.2, -0.15) is 17.5 Å². The molecule has 1 unspecified atom stereocenters. The second kappa shape index (κ2) is 11.3. The lowest BCUT2D eigenvalue weighted by atomic mass is 9.98. The number of hydrogen-bond donors (Lipinski definition) is 2. The van der Waals surface area contributed by atoms with Crippen LogP contribution in [0.2, 0.25) is 0 Å². The maximum Gasteiger partial charge on any atom is 0.511 e. The second-order valence-electron chi connectivity index (χ2n) is 6.87. The first-order chi connectivity index (χ1) is 13.1. The number of hydrogen-bond acceptors (Lipinski definition) is 3. The molecule has 1 aromatic carbocycles. The summed E-state index contributed by atoms with van der Waals surface area (Å²) in [6.07, 6.45) is 1.47. The van der Waals surface area contributed by atoms with Crippen molar-refractivity contribution < 1.29 is 21.6 Å². The molecular weight excluding hydrogens is 520 g/mol. The molecule has 1 fully saturated rings. The summed E-state index contributed by atoms with van der Waals surface area (Å²) in [5, 5.41) is 6.38. The van der Waals surface area contributed by atoms with Crippen LogP contribution >= 0.6 is 24.0 Å². The zero-order valence-electron chi connectivity index (χ0n) is 16.4. The van der Waals surface area contributed by atoms with Gasteiger partial charge in [0.25, 0.3) is 0 Å². The molecule has 11 heteroatoms. The molecule has 2 rings (SSSR count). The van der Waals surface area contributed by atoms with Crippen LogP contribution in [0.25, 0.3) is 0 Å². The van der Waals surface area contributed by atoms with Gasteiger partial charge in [0.05, 0.1) is 0 Å². The number of aliphatic imine (C=N–C) groups is 1. The molecule has 0 spiro atoms. The van der Waals surface area contributed by atoms with E-state index in [2.05, 4.69) is 34.7 Å². The lowest BCUT2D eigenvalue weighted by Gasteiger charge is -2.32. The molecule has 1 aromatic rings. The standard InChI is InChI=1S/C18H27F3N4O2S.HI/c1-14(15-6-4-3-5-7-15)8-11-23-17(22-2)24-16-9-12-25(13-10-16)28(26,27)18(19,20)21;/h3-7,14,16H,8-13H2,1-2H3,(H2,22,23,24);1H. The summed E-state index contributed by atoms with van der Waals surface area (Å²) in [5.41, 5.74) is -3.99. The number of piperidine rings is 1. The first-order valence-corrected chi connectivity index (χ1v) is 10.7. The van der Waals surface area contributed by atoms with E-state index in [0.29, 0.717) is 22.7 Å². The number of guanidine groups is 1. The Hall–Kier alpha value is -1.08.